The lowest BCUT2D eigenvalue weighted by molar-refractivity contribution is 0.0971. The third-order valence-corrected chi connectivity index (χ3v) is 6.81. The molecule has 1 aliphatic rings. The third-order valence-electron chi connectivity index (χ3n) is 5.15. The van der Waals surface area contributed by atoms with Crippen molar-refractivity contribution in [2.45, 2.75) is 50.6 Å². The van der Waals surface area contributed by atoms with E-state index in [1.54, 1.807) is 50.1 Å². The standard InChI is InChI=1S/C22H27FN2O4S/c1-14(2)24-30(27,28)19-11-12-21(23)20(13-19)22(26)25(15(3)16-5-6-16)17-7-9-18(29-4)10-8-17/h7-16,24H,5-6H2,1-4H3. The molecule has 0 spiro atoms. The van der Waals surface area contributed by atoms with Crippen molar-refractivity contribution in [1.82, 2.24) is 4.72 Å². The van der Waals surface area contributed by atoms with E-state index >= 15 is 0 Å². The van der Waals surface area contributed by atoms with E-state index in [2.05, 4.69) is 4.72 Å². The zero-order valence-corrected chi connectivity index (χ0v) is 18.4. The average Bonchev–Trinajstić information content (AvgIpc) is 3.53. The molecule has 0 aromatic heterocycles. The van der Waals surface area contributed by atoms with Crippen molar-refractivity contribution in [3.05, 3.63) is 53.8 Å². The quantitative estimate of drug-likeness (QED) is 0.682. The van der Waals surface area contributed by atoms with Gasteiger partial charge in [-0.25, -0.2) is 17.5 Å². The van der Waals surface area contributed by atoms with Gasteiger partial charge in [0, 0.05) is 17.8 Å². The molecule has 6 nitrogen and oxygen atoms in total. The van der Waals surface area contributed by atoms with Crippen molar-refractivity contribution in [3.63, 3.8) is 0 Å². The number of benzene rings is 2. The first-order valence-electron chi connectivity index (χ1n) is 9.93. The second-order valence-electron chi connectivity index (χ2n) is 7.87. The lowest BCUT2D eigenvalue weighted by atomic mass is 10.1. The molecule has 8 heteroatoms. The molecule has 30 heavy (non-hydrogen) atoms. The van der Waals surface area contributed by atoms with Crippen LogP contribution in [0.15, 0.2) is 47.4 Å². The van der Waals surface area contributed by atoms with Crippen LogP contribution < -0.4 is 14.4 Å². The van der Waals surface area contributed by atoms with Gasteiger partial charge in [-0.2, -0.15) is 0 Å². The smallest absolute Gasteiger partial charge is 0.261 e. The number of methoxy groups -OCH3 is 1. The predicted octanol–water partition coefficient (Wildman–Crippen LogP) is 3.97. The second kappa shape index (κ2) is 8.73. The van der Waals surface area contributed by atoms with Gasteiger partial charge in [-0.3, -0.25) is 4.79 Å². The number of rotatable bonds is 8. The number of hydrogen-bond acceptors (Lipinski definition) is 4. The molecule has 2 aromatic rings. The van der Waals surface area contributed by atoms with Gasteiger partial charge >= 0.3 is 0 Å². The lowest BCUT2D eigenvalue weighted by Crippen LogP contribution is -2.40. The minimum Gasteiger partial charge on any atom is -0.497 e. The van der Waals surface area contributed by atoms with Crippen LogP contribution in [0.4, 0.5) is 10.1 Å². The molecule has 0 heterocycles. The molecule has 1 aliphatic carbocycles. The van der Waals surface area contributed by atoms with Crippen molar-refractivity contribution in [2.24, 2.45) is 5.92 Å². The van der Waals surface area contributed by atoms with Crippen molar-refractivity contribution in [1.29, 1.82) is 0 Å². The van der Waals surface area contributed by atoms with Crippen LogP contribution in [0.25, 0.3) is 0 Å². The van der Waals surface area contributed by atoms with Crippen molar-refractivity contribution >= 4 is 21.6 Å². The summed E-state index contributed by atoms with van der Waals surface area (Å²) in [6, 6.07) is 9.78. The fourth-order valence-corrected chi connectivity index (χ4v) is 4.69. The van der Waals surface area contributed by atoms with Gasteiger partial charge in [-0.1, -0.05) is 0 Å². The summed E-state index contributed by atoms with van der Waals surface area (Å²) in [7, 11) is -2.31. The molecule has 1 saturated carbocycles. The minimum absolute atomic E-state index is 0.144. The van der Waals surface area contributed by atoms with Gasteiger partial charge in [0.05, 0.1) is 17.6 Å². The van der Waals surface area contributed by atoms with Crippen LogP contribution in [0.5, 0.6) is 5.75 Å². The van der Waals surface area contributed by atoms with Gasteiger partial charge in [-0.05, 0) is 82.0 Å². The molecule has 1 amide bonds. The molecule has 0 radical (unpaired) electrons. The number of anilines is 1. The summed E-state index contributed by atoms with van der Waals surface area (Å²) in [5.41, 5.74) is 0.332. The van der Waals surface area contributed by atoms with E-state index in [1.807, 2.05) is 6.92 Å². The van der Waals surface area contributed by atoms with E-state index in [1.165, 1.54) is 6.07 Å². The van der Waals surface area contributed by atoms with Gasteiger partial charge in [0.25, 0.3) is 5.91 Å². The molecule has 0 saturated heterocycles. The number of halogens is 1. The van der Waals surface area contributed by atoms with Gasteiger partial charge in [-0.15, -0.1) is 0 Å². The third kappa shape index (κ3) is 4.82. The summed E-state index contributed by atoms with van der Waals surface area (Å²) in [6.45, 7) is 5.31. The molecule has 1 N–H and O–H groups in total. The molecule has 1 unspecified atom stereocenters. The van der Waals surface area contributed by atoms with Crippen LogP contribution >= 0.6 is 0 Å². The highest BCUT2D eigenvalue weighted by Gasteiger charge is 2.36. The largest absolute Gasteiger partial charge is 0.497 e. The first-order chi connectivity index (χ1) is 14.1. The summed E-state index contributed by atoms with van der Waals surface area (Å²) in [4.78, 5) is 14.8. The van der Waals surface area contributed by atoms with E-state index in [0.717, 1.165) is 25.0 Å². The maximum absolute atomic E-state index is 14.7. The molecule has 0 aliphatic heterocycles. The molecular formula is C22H27FN2O4S. The Morgan fingerprint density at radius 1 is 1.13 bits per heavy atom. The maximum Gasteiger partial charge on any atom is 0.261 e. The van der Waals surface area contributed by atoms with Crippen LogP contribution in [0.3, 0.4) is 0 Å². The van der Waals surface area contributed by atoms with Crippen LogP contribution in [0.2, 0.25) is 0 Å². The normalized spacial score (nSPS) is 15.1. The van der Waals surface area contributed by atoms with Crippen LogP contribution in [0, 0.1) is 11.7 Å². The summed E-state index contributed by atoms with van der Waals surface area (Å²) in [5.74, 6) is -0.360. The summed E-state index contributed by atoms with van der Waals surface area (Å²) in [6.07, 6.45) is 1.99. The summed E-state index contributed by atoms with van der Waals surface area (Å²) >= 11 is 0. The zero-order valence-electron chi connectivity index (χ0n) is 17.6. The number of hydrogen-bond donors (Lipinski definition) is 1. The number of sulfonamides is 1. The molecular weight excluding hydrogens is 407 g/mol. The fourth-order valence-electron chi connectivity index (χ4n) is 3.41. The van der Waals surface area contributed by atoms with E-state index in [0.29, 0.717) is 17.4 Å². The Kier molecular flexibility index (Phi) is 6.47. The maximum atomic E-state index is 14.7. The monoisotopic (exact) mass is 434 g/mol. The Bertz CT molecular complexity index is 1020. The SMILES string of the molecule is COc1ccc(N(C(=O)c2cc(S(=O)(=O)NC(C)C)ccc2F)C(C)C2CC2)cc1. The van der Waals surface area contributed by atoms with Crippen LogP contribution in [-0.4, -0.2) is 33.5 Å². The Morgan fingerprint density at radius 2 is 1.77 bits per heavy atom. The summed E-state index contributed by atoms with van der Waals surface area (Å²) in [5, 5.41) is 0. The number of carbonyl (C=O) groups is 1. The lowest BCUT2D eigenvalue weighted by Gasteiger charge is -2.30. The average molecular weight is 435 g/mol. The molecule has 0 bridgehead atoms. The van der Waals surface area contributed by atoms with Crippen molar-refractivity contribution < 1.29 is 22.3 Å². The Hall–Kier alpha value is -2.45. The van der Waals surface area contributed by atoms with E-state index < -0.39 is 21.7 Å². The van der Waals surface area contributed by atoms with Gasteiger partial charge in [0.2, 0.25) is 10.0 Å². The predicted molar refractivity (Wildman–Crippen MR) is 114 cm³/mol. The molecule has 3 rings (SSSR count). The topological polar surface area (TPSA) is 75.7 Å². The molecule has 1 atom stereocenters. The van der Waals surface area contributed by atoms with Crippen LogP contribution in [-0.2, 0) is 10.0 Å². The van der Waals surface area contributed by atoms with Gasteiger partial charge in [0.15, 0.2) is 0 Å². The number of nitrogens with one attached hydrogen (secondary N) is 1. The number of nitrogens with zero attached hydrogens (tertiary/aromatic N) is 1. The first kappa shape index (κ1) is 22.2. The van der Waals surface area contributed by atoms with Gasteiger partial charge < -0.3 is 9.64 Å². The molecule has 162 valence electrons. The fraction of sp³-hybridized carbons (Fsp3) is 0.409. The molecule has 1 fully saturated rings. The van der Waals surface area contributed by atoms with Crippen LogP contribution in [0.1, 0.15) is 44.0 Å². The Balaban J connectivity index is 2.02. The first-order valence-corrected chi connectivity index (χ1v) is 11.4. The highest BCUT2D eigenvalue weighted by atomic mass is 32.2. The Morgan fingerprint density at radius 3 is 2.30 bits per heavy atom. The van der Waals surface area contributed by atoms with E-state index in [9.17, 15) is 17.6 Å². The number of amides is 1. The number of carbonyl (C=O) groups excluding carboxylic acids is 1. The second-order valence-corrected chi connectivity index (χ2v) is 9.58. The minimum atomic E-state index is -3.86. The zero-order chi connectivity index (χ0) is 22.1. The molecule has 2 aromatic carbocycles. The van der Waals surface area contributed by atoms with Crippen molar-refractivity contribution in [3.8, 4) is 5.75 Å². The Labute approximate surface area is 177 Å². The highest BCUT2D eigenvalue weighted by Crippen LogP contribution is 2.38. The highest BCUT2D eigenvalue weighted by molar-refractivity contribution is 7.89. The summed E-state index contributed by atoms with van der Waals surface area (Å²) < 4.78 is 47.3. The van der Waals surface area contributed by atoms with E-state index in [4.69, 9.17) is 4.74 Å². The van der Waals surface area contributed by atoms with Crippen molar-refractivity contribution in [2.75, 3.05) is 12.0 Å². The number of ether oxygens (including phenoxy) is 1. The van der Waals surface area contributed by atoms with Gasteiger partial charge in [0.1, 0.15) is 11.6 Å². The van der Waals surface area contributed by atoms with E-state index in [-0.39, 0.29) is 22.5 Å².